The van der Waals surface area contributed by atoms with Crippen LogP contribution in [0.5, 0.6) is 0 Å². The summed E-state index contributed by atoms with van der Waals surface area (Å²) >= 11 is 6.39. The second-order valence-electron chi connectivity index (χ2n) is 7.65. The van der Waals surface area contributed by atoms with Gasteiger partial charge in [-0.15, -0.1) is 0 Å². The van der Waals surface area contributed by atoms with Gasteiger partial charge in [-0.05, 0) is 37.1 Å². The van der Waals surface area contributed by atoms with Gasteiger partial charge in [0, 0.05) is 33.7 Å². The summed E-state index contributed by atoms with van der Waals surface area (Å²) in [5.74, 6) is -0.141. The molecule has 0 fully saturated rings. The zero-order valence-electron chi connectivity index (χ0n) is 17.6. The van der Waals surface area contributed by atoms with Crippen LogP contribution >= 0.6 is 11.6 Å². The number of carbonyl (C=O) groups excluding carboxylic acids is 1. The minimum absolute atomic E-state index is 0.141. The number of halogens is 1. The maximum Gasteiger partial charge on any atom is 0.244 e. The van der Waals surface area contributed by atoms with Gasteiger partial charge in [0.15, 0.2) is 0 Å². The van der Waals surface area contributed by atoms with Gasteiger partial charge < -0.3 is 4.57 Å². The minimum atomic E-state index is -0.141. The largest absolute Gasteiger partial charge is 0.340 e. The highest BCUT2D eigenvalue weighted by atomic mass is 35.5. The Hall–Kier alpha value is -3.37. The van der Waals surface area contributed by atoms with E-state index in [-0.39, 0.29) is 5.91 Å². The van der Waals surface area contributed by atoms with Gasteiger partial charge in [-0.1, -0.05) is 77.8 Å². The van der Waals surface area contributed by atoms with Gasteiger partial charge in [0.05, 0.1) is 12.6 Å². The lowest BCUT2D eigenvalue weighted by molar-refractivity contribution is -0.120. The van der Waals surface area contributed by atoms with Crippen LogP contribution in [0.1, 0.15) is 27.9 Å². The zero-order chi connectivity index (χ0) is 21.8. The smallest absolute Gasteiger partial charge is 0.244 e. The second kappa shape index (κ2) is 9.19. The van der Waals surface area contributed by atoms with Crippen LogP contribution in [0, 0.1) is 13.8 Å². The van der Waals surface area contributed by atoms with Gasteiger partial charge in [0.1, 0.15) is 0 Å². The highest BCUT2D eigenvalue weighted by molar-refractivity contribution is 6.31. The second-order valence-corrected chi connectivity index (χ2v) is 8.06. The number of hydrogen-bond acceptors (Lipinski definition) is 2. The summed E-state index contributed by atoms with van der Waals surface area (Å²) in [6.07, 6.45) is 2.03. The fraction of sp³-hybridized carbons (Fsp3) is 0.154. The molecule has 1 aromatic heterocycles. The van der Waals surface area contributed by atoms with Crippen molar-refractivity contribution in [3.05, 3.63) is 106 Å². The van der Waals surface area contributed by atoms with Crippen molar-refractivity contribution in [1.29, 1.82) is 0 Å². The molecule has 0 radical (unpaired) electrons. The van der Waals surface area contributed by atoms with Gasteiger partial charge in [0.25, 0.3) is 0 Å². The molecule has 4 rings (SSSR count). The Balaban J connectivity index is 1.56. The molecule has 0 aliphatic heterocycles. The molecule has 3 aromatic carbocycles. The Bertz CT molecular complexity index is 1260. The van der Waals surface area contributed by atoms with Crippen LogP contribution in [0.4, 0.5) is 0 Å². The van der Waals surface area contributed by atoms with Crippen LogP contribution < -0.4 is 5.43 Å². The van der Waals surface area contributed by atoms with Crippen LogP contribution in [0.15, 0.2) is 77.9 Å². The third-order valence-corrected chi connectivity index (χ3v) is 5.80. The van der Waals surface area contributed by atoms with E-state index in [0.717, 1.165) is 38.3 Å². The number of nitrogens with zero attached hydrogens (tertiary/aromatic N) is 2. The number of aromatic nitrogens is 1. The van der Waals surface area contributed by atoms with E-state index < -0.39 is 0 Å². The topological polar surface area (TPSA) is 46.4 Å². The fourth-order valence-corrected chi connectivity index (χ4v) is 3.92. The van der Waals surface area contributed by atoms with E-state index in [1.54, 1.807) is 6.21 Å². The van der Waals surface area contributed by atoms with Crippen LogP contribution in [0.25, 0.3) is 10.9 Å². The Morgan fingerprint density at radius 2 is 1.71 bits per heavy atom. The number of benzene rings is 3. The lowest BCUT2D eigenvalue weighted by Crippen LogP contribution is -2.19. The SMILES string of the molecule is Cc1ccc(CC(=O)N/N=C\c2c(C)n(Cc3ccccc3Cl)c3ccccc23)cc1. The molecular formula is C26H24ClN3O. The first-order chi connectivity index (χ1) is 15.0. The molecule has 156 valence electrons. The van der Waals surface area contributed by atoms with Crippen LogP contribution in [-0.4, -0.2) is 16.7 Å². The molecule has 4 aromatic rings. The number of nitrogens with one attached hydrogen (secondary N) is 1. The summed E-state index contributed by atoms with van der Waals surface area (Å²) in [5.41, 5.74) is 9.00. The summed E-state index contributed by atoms with van der Waals surface area (Å²) < 4.78 is 2.23. The molecule has 0 saturated heterocycles. The number of carbonyl (C=O) groups is 1. The van der Waals surface area contributed by atoms with Crippen molar-refractivity contribution >= 4 is 34.6 Å². The Kier molecular flexibility index (Phi) is 6.19. The Morgan fingerprint density at radius 1 is 1.00 bits per heavy atom. The van der Waals surface area contributed by atoms with Crippen LogP contribution in [0.2, 0.25) is 5.02 Å². The number of aryl methyl sites for hydroxylation is 1. The maximum absolute atomic E-state index is 12.3. The third-order valence-electron chi connectivity index (χ3n) is 5.43. The first kappa shape index (κ1) is 20.9. The normalized spacial score (nSPS) is 11.3. The van der Waals surface area contributed by atoms with Crippen molar-refractivity contribution in [2.45, 2.75) is 26.8 Å². The van der Waals surface area contributed by atoms with Crippen LogP contribution in [0.3, 0.4) is 0 Å². The van der Waals surface area contributed by atoms with E-state index in [9.17, 15) is 4.79 Å². The molecule has 1 amide bonds. The number of hydrazone groups is 1. The monoisotopic (exact) mass is 429 g/mol. The third kappa shape index (κ3) is 4.70. The molecular weight excluding hydrogens is 406 g/mol. The van der Waals surface area contributed by atoms with E-state index in [2.05, 4.69) is 34.2 Å². The maximum atomic E-state index is 12.3. The van der Waals surface area contributed by atoms with E-state index >= 15 is 0 Å². The molecule has 0 aliphatic carbocycles. The molecule has 4 nitrogen and oxygen atoms in total. The zero-order valence-corrected chi connectivity index (χ0v) is 18.4. The highest BCUT2D eigenvalue weighted by Crippen LogP contribution is 2.27. The van der Waals surface area contributed by atoms with E-state index in [1.807, 2.05) is 67.6 Å². The average Bonchev–Trinajstić information content (AvgIpc) is 3.03. The predicted molar refractivity (Wildman–Crippen MR) is 128 cm³/mol. The number of hydrogen-bond donors (Lipinski definition) is 1. The lowest BCUT2D eigenvalue weighted by Gasteiger charge is -2.10. The Labute approximate surface area is 187 Å². The summed E-state index contributed by atoms with van der Waals surface area (Å²) in [6.45, 7) is 4.75. The predicted octanol–water partition coefficient (Wildman–Crippen LogP) is 5.65. The van der Waals surface area contributed by atoms with Gasteiger partial charge in [-0.2, -0.15) is 5.10 Å². The van der Waals surface area contributed by atoms with Crippen molar-refractivity contribution in [2.75, 3.05) is 0 Å². The molecule has 0 saturated carbocycles. The molecule has 0 spiro atoms. The van der Waals surface area contributed by atoms with Crippen molar-refractivity contribution < 1.29 is 4.79 Å². The van der Waals surface area contributed by atoms with Gasteiger partial charge in [0.2, 0.25) is 5.91 Å². The summed E-state index contributed by atoms with van der Waals surface area (Å²) in [6, 6.07) is 24.0. The van der Waals surface area contributed by atoms with Crippen molar-refractivity contribution in [3.8, 4) is 0 Å². The molecule has 0 atom stereocenters. The van der Waals surface area contributed by atoms with E-state index in [1.165, 1.54) is 5.56 Å². The fourth-order valence-electron chi connectivity index (χ4n) is 3.72. The average molecular weight is 430 g/mol. The number of rotatable bonds is 6. The van der Waals surface area contributed by atoms with Crippen molar-refractivity contribution in [3.63, 3.8) is 0 Å². The van der Waals surface area contributed by atoms with Crippen molar-refractivity contribution in [2.24, 2.45) is 5.10 Å². The van der Waals surface area contributed by atoms with E-state index in [4.69, 9.17) is 11.6 Å². The summed E-state index contributed by atoms with van der Waals surface area (Å²) in [4.78, 5) is 12.3. The highest BCUT2D eigenvalue weighted by Gasteiger charge is 2.13. The van der Waals surface area contributed by atoms with E-state index in [0.29, 0.717) is 13.0 Å². The summed E-state index contributed by atoms with van der Waals surface area (Å²) in [7, 11) is 0. The number of fused-ring (bicyclic) bond motifs is 1. The quantitative estimate of drug-likeness (QED) is 0.312. The minimum Gasteiger partial charge on any atom is -0.340 e. The van der Waals surface area contributed by atoms with Gasteiger partial charge >= 0.3 is 0 Å². The van der Waals surface area contributed by atoms with Crippen LogP contribution in [-0.2, 0) is 17.8 Å². The van der Waals surface area contributed by atoms with Crippen molar-refractivity contribution in [1.82, 2.24) is 9.99 Å². The standard InChI is InChI=1S/C26H24ClN3O/c1-18-11-13-20(14-12-18)15-26(31)29-28-16-23-19(2)30(25-10-6-4-8-22(23)25)17-21-7-3-5-9-24(21)27/h3-14,16H,15,17H2,1-2H3,(H,29,31)/b28-16-. The first-order valence-electron chi connectivity index (χ1n) is 10.2. The molecule has 5 heteroatoms. The molecule has 1 N–H and O–H groups in total. The molecule has 31 heavy (non-hydrogen) atoms. The lowest BCUT2D eigenvalue weighted by atomic mass is 10.1. The molecule has 1 heterocycles. The van der Waals surface area contributed by atoms with Gasteiger partial charge in [-0.25, -0.2) is 5.43 Å². The Morgan fingerprint density at radius 3 is 2.48 bits per heavy atom. The first-order valence-corrected chi connectivity index (χ1v) is 10.6. The number of para-hydroxylation sites is 1. The molecule has 0 aliphatic rings. The number of amides is 1. The molecule has 0 unspecified atom stereocenters. The van der Waals surface area contributed by atoms with Gasteiger partial charge in [-0.3, -0.25) is 4.79 Å². The summed E-state index contributed by atoms with van der Waals surface area (Å²) in [5, 5.41) is 6.08. The molecule has 0 bridgehead atoms.